The van der Waals surface area contributed by atoms with E-state index in [1.165, 1.54) is 23.5 Å². The lowest BCUT2D eigenvalue weighted by molar-refractivity contribution is 0.0857. The molecular formula is C21H20N2O3S. The molecule has 0 saturated heterocycles. The van der Waals surface area contributed by atoms with Crippen LogP contribution in [0, 0.1) is 5.41 Å². The second kappa shape index (κ2) is 7.32. The Morgan fingerprint density at radius 1 is 1.00 bits per heavy atom. The molecule has 27 heavy (non-hydrogen) atoms. The van der Waals surface area contributed by atoms with Crippen LogP contribution in [0.3, 0.4) is 0 Å². The largest absolute Gasteiger partial charge is 0.508 e. The number of carbonyl (C=O) groups is 2. The van der Waals surface area contributed by atoms with E-state index in [9.17, 15) is 14.7 Å². The number of amides is 1. The number of aromatic nitrogens is 1. The first-order valence-electron chi connectivity index (χ1n) is 8.45. The number of nitrogens with zero attached hydrogens (tertiary/aromatic N) is 1. The van der Waals surface area contributed by atoms with E-state index in [4.69, 9.17) is 0 Å². The maximum atomic E-state index is 12.3. The van der Waals surface area contributed by atoms with Crippen LogP contribution in [0.5, 0.6) is 5.75 Å². The summed E-state index contributed by atoms with van der Waals surface area (Å²) in [6.07, 6.45) is 0. The van der Waals surface area contributed by atoms with Gasteiger partial charge in [-0.25, -0.2) is 4.98 Å². The lowest BCUT2D eigenvalue weighted by atomic mass is 9.91. The Hall–Kier alpha value is -2.99. The number of hydrogen-bond acceptors (Lipinski definition) is 5. The molecule has 0 unspecified atom stereocenters. The fourth-order valence-electron chi connectivity index (χ4n) is 2.37. The molecule has 3 aromatic rings. The van der Waals surface area contributed by atoms with Crippen LogP contribution >= 0.6 is 11.3 Å². The summed E-state index contributed by atoms with van der Waals surface area (Å²) in [6, 6.07) is 13.3. The smallest absolute Gasteiger partial charge is 0.255 e. The molecule has 138 valence electrons. The molecule has 0 aliphatic rings. The van der Waals surface area contributed by atoms with Crippen LogP contribution in [-0.4, -0.2) is 21.8 Å². The molecule has 0 fully saturated rings. The molecule has 3 rings (SSSR count). The highest BCUT2D eigenvalue weighted by molar-refractivity contribution is 7.12. The predicted molar refractivity (Wildman–Crippen MR) is 107 cm³/mol. The number of rotatable bonds is 4. The van der Waals surface area contributed by atoms with Gasteiger partial charge in [0.25, 0.3) is 5.91 Å². The van der Waals surface area contributed by atoms with Gasteiger partial charge < -0.3 is 10.4 Å². The normalized spacial score (nSPS) is 11.2. The van der Waals surface area contributed by atoms with Gasteiger partial charge in [0.15, 0.2) is 10.8 Å². The number of carbonyl (C=O) groups excluding carboxylic acids is 2. The molecule has 1 aromatic heterocycles. The van der Waals surface area contributed by atoms with Crippen molar-refractivity contribution in [3.05, 3.63) is 64.5 Å². The van der Waals surface area contributed by atoms with Gasteiger partial charge in [-0.3, -0.25) is 9.59 Å². The number of hydrogen-bond donors (Lipinski definition) is 2. The van der Waals surface area contributed by atoms with E-state index in [0.29, 0.717) is 16.3 Å². The minimum atomic E-state index is -0.461. The quantitative estimate of drug-likeness (QED) is 0.625. The molecule has 0 radical (unpaired) electrons. The highest BCUT2D eigenvalue weighted by atomic mass is 32.1. The van der Waals surface area contributed by atoms with Gasteiger partial charge in [0, 0.05) is 27.6 Å². The minimum absolute atomic E-state index is 0.0246. The van der Waals surface area contributed by atoms with Crippen molar-refractivity contribution in [3.8, 4) is 17.0 Å². The molecule has 0 atom stereocenters. The number of ketones is 1. The van der Waals surface area contributed by atoms with Crippen molar-refractivity contribution < 1.29 is 14.7 Å². The Morgan fingerprint density at radius 3 is 2.22 bits per heavy atom. The lowest BCUT2D eigenvalue weighted by Gasteiger charge is -2.13. The van der Waals surface area contributed by atoms with E-state index in [0.717, 1.165) is 11.3 Å². The molecule has 1 amide bonds. The molecule has 0 spiro atoms. The number of benzene rings is 2. The van der Waals surface area contributed by atoms with Gasteiger partial charge in [-0.1, -0.05) is 32.9 Å². The van der Waals surface area contributed by atoms with Crippen molar-refractivity contribution in [2.45, 2.75) is 20.8 Å². The summed E-state index contributed by atoms with van der Waals surface area (Å²) in [5, 5.41) is 14.5. The molecule has 1 heterocycles. The molecule has 5 nitrogen and oxygen atoms in total. The van der Waals surface area contributed by atoms with Gasteiger partial charge in [-0.15, -0.1) is 11.3 Å². The maximum Gasteiger partial charge on any atom is 0.255 e. The molecular weight excluding hydrogens is 360 g/mol. The number of nitrogens with one attached hydrogen (secondary N) is 1. The number of thiazole rings is 1. The van der Waals surface area contributed by atoms with Crippen LogP contribution in [0.25, 0.3) is 11.3 Å². The Bertz CT molecular complexity index is 968. The van der Waals surface area contributed by atoms with E-state index in [1.54, 1.807) is 24.3 Å². The molecule has 0 bridgehead atoms. The first-order valence-corrected chi connectivity index (χ1v) is 9.33. The number of phenols is 1. The first kappa shape index (κ1) is 18.8. The molecule has 2 aromatic carbocycles. The van der Waals surface area contributed by atoms with Crippen molar-refractivity contribution in [2.75, 3.05) is 5.32 Å². The highest BCUT2D eigenvalue weighted by Crippen LogP contribution is 2.28. The fraction of sp³-hybridized carbons (Fsp3) is 0.190. The summed E-state index contributed by atoms with van der Waals surface area (Å²) >= 11 is 1.34. The Balaban J connectivity index is 1.72. The zero-order valence-corrected chi connectivity index (χ0v) is 16.1. The van der Waals surface area contributed by atoms with Crippen LogP contribution < -0.4 is 5.32 Å². The van der Waals surface area contributed by atoms with Crippen LogP contribution in [0.1, 0.15) is 40.9 Å². The predicted octanol–water partition coefficient (Wildman–Crippen LogP) is 5.00. The van der Waals surface area contributed by atoms with Gasteiger partial charge in [0.05, 0.1) is 5.69 Å². The third kappa shape index (κ3) is 4.41. The average molecular weight is 380 g/mol. The van der Waals surface area contributed by atoms with Crippen LogP contribution in [0.15, 0.2) is 53.9 Å². The number of Topliss-reactive ketones (excluding diaryl/α,β-unsaturated/α-hetero) is 1. The van der Waals surface area contributed by atoms with Crippen molar-refractivity contribution in [3.63, 3.8) is 0 Å². The topological polar surface area (TPSA) is 79.3 Å². The van der Waals surface area contributed by atoms with Gasteiger partial charge in [-0.05, 0) is 36.4 Å². The van der Waals surface area contributed by atoms with E-state index < -0.39 is 5.41 Å². The van der Waals surface area contributed by atoms with E-state index in [2.05, 4.69) is 10.3 Å². The zero-order chi connectivity index (χ0) is 19.6. The average Bonchev–Trinajstić information content (AvgIpc) is 3.11. The Morgan fingerprint density at radius 2 is 1.63 bits per heavy atom. The first-order chi connectivity index (χ1) is 12.7. The Labute approximate surface area is 161 Å². The van der Waals surface area contributed by atoms with Gasteiger partial charge in [0.2, 0.25) is 0 Å². The summed E-state index contributed by atoms with van der Waals surface area (Å²) in [4.78, 5) is 29.0. The number of phenolic OH excluding ortho intramolecular Hbond substituents is 1. The number of aromatic hydroxyl groups is 1. The van der Waals surface area contributed by atoms with E-state index in [1.807, 2.05) is 38.3 Å². The minimum Gasteiger partial charge on any atom is -0.508 e. The zero-order valence-electron chi connectivity index (χ0n) is 15.3. The third-order valence-corrected chi connectivity index (χ3v) is 4.79. The van der Waals surface area contributed by atoms with Crippen LogP contribution in [0.2, 0.25) is 0 Å². The molecule has 0 aliphatic heterocycles. The molecule has 2 N–H and O–H groups in total. The summed E-state index contributed by atoms with van der Waals surface area (Å²) in [7, 11) is 0. The fourth-order valence-corrected chi connectivity index (χ4v) is 3.35. The van der Waals surface area contributed by atoms with Crippen LogP contribution in [-0.2, 0) is 0 Å². The second-order valence-electron chi connectivity index (χ2n) is 7.20. The summed E-state index contributed by atoms with van der Waals surface area (Å²) < 4.78 is 0. The summed E-state index contributed by atoms with van der Waals surface area (Å²) in [5.74, 6) is -0.116. The molecule has 6 heteroatoms. The highest BCUT2D eigenvalue weighted by Gasteiger charge is 2.25. The molecule has 0 saturated carbocycles. The van der Waals surface area contributed by atoms with Crippen molar-refractivity contribution in [1.82, 2.24) is 4.98 Å². The summed E-state index contributed by atoms with van der Waals surface area (Å²) in [6.45, 7) is 5.63. The number of anilines is 1. The standard InChI is InChI=1S/C21H20N2O3S/c1-21(2,3)18(25)20-23-17(12-27-20)13-4-8-15(9-5-13)22-19(26)14-6-10-16(24)11-7-14/h4-12,24H,1-3H3,(H,22,26). The maximum absolute atomic E-state index is 12.3. The van der Waals surface area contributed by atoms with E-state index in [-0.39, 0.29) is 17.4 Å². The second-order valence-corrected chi connectivity index (χ2v) is 8.05. The van der Waals surface area contributed by atoms with Crippen molar-refractivity contribution in [1.29, 1.82) is 0 Å². The van der Waals surface area contributed by atoms with Gasteiger partial charge in [-0.2, -0.15) is 0 Å². The summed E-state index contributed by atoms with van der Waals surface area (Å²) in [5.41, 5.74) is 2.27. The monoisotopic (exact) mass is 380 g/mol. The Kier molecular flexibility index (Phi) is 5.10. The van der Waals surface area contributed by atoms with Crippen molar-refractivity contribution in [2.24, 2.45) is 5.41 Å². The van der Waals surface area contributed by atoms with Gasteiger partial charge in [0.1, 0.15) is 5.75 Å². The SMILES string of the molecule is CC(C)(C)C(=O)c1nc(-c2ccc(NC(=O)c3ccc(O)cc3)cc2)cs1. The molecule has 0 aliphatic carbocycles. The lowest BCUT2D eigenvalue weighted by Crippen LogP contribution is -2.19. The third-order valence-electron chi connectivity index (χ3n) is 3.95. The van der Waals surface area contributed by atoms with Gasteiger partial charge >= 0.3 is 0 Å². The van der Waals surface area contributed by atoms with E-state index >= 15 is 0 Å². The van der Waals surface area contributed by atoms with Crippen LogP contribution in [0.4, 0.5) is 5.69 Å². The van der Waals surface area contributed by atoms with Crippen molar-refractivity contribution >= 4 is 28.7 Å².